The van der Waals surface area contributed by atoms with Crippen LogP contribution >= 0.6 is 0 Å². The second-order valence-corrected chi connectivity index (χ2v) is 9.75. The summed E-state index contributed by atoms with van der Waals surface area (Å²) in [6.07, 6.45) is 1.83. The van der Waals surface area contributed by atoms with Crippen molar-refractivity contribution < 1.29 is 4.74 Å². The van der Waals surface area contributed by atoms with Crippen molar-refractivity contribution in [3.05, 3.63) is 153 Å². The van der Waals surface area contributed by atoms with E-state index in [1.54, 1.807) is 4.68 Å². The van der Waals surface area contributed by atoms with Crippen molar-refractivity contribution in [3.8, 4) is 11.4 Å². The summed E-state index contributed by atoms with van der Waals surface area (Å²) in [6.45, 7) is 4.05. The molecule has 0 spiro atoms. The fourth-order valence-electron chi connectivity index (χ4n) is 5.31. The lowest BCUT2D eigenvalue weighted by molar-refractivity contribution is 0.489. The van der Waals surface area contributed by atoms with E-state index in [0.717, 1.165) is 39.6 Å². The third kappa shape index (κ3) is 4.32. The zero-order chi connectivity index (χ0) is 26.9. The van der Waals surface area contributed by atoms with Gasteiger partial charge < -0.3 is 4.74 Å². The van der Waals surface area contributed by atoms with Crippen LogP contribution in [0.25, 0.3) is 11.4 Å². The summed E-state index contributed by atoms with van der Waals surface area (Å²) in [5.41, 5.74) is 7.11. The van der Waals surface area contributed by atoms with Crippen LogP contribution in [0.4, 0.5) is 5.69 Å². The first-order valence-corrected chi connectivity index (χ1v) is 13.0. The van der Waals surface area contributed by atoms with E-state index in [0.29, 0.717) is 5.69 Å². The molecule has 0 N–H and O–H groups in total. The molecule has 4 aromatic carbocycles. The van der Waals surface area contributed by atoms with Crippen LogP contribution in [-0.2, 0) is 7.05 Å². The Morgan fingerprint density at radius 1 is 0.769 bits per heavy atom. The molecule has 0 radical (unpaired) electrons. The molecule has 1 aliphatic rings. The quantitative estimate of drug-likeness (QED) is 0.236. The van der Waals surface area contributed by atoms with E-state index in [1.165, 1.54) is 11.1 Å². The van der Waals surface area contributed by atoms with Gasteiger partial charge in [0, 0.05) is 35.9 Å². The second kappa shape index (κ2) is 10.1. The highest BCUT2D eigenvalue weighted by Crippen LogP contribution is 2.46. The van der Waals surface area contributed by atoms with E-state index in [9.17, 15) is 4.79 Å². The standard InChI is InChI=1S/C34H29N3O2/c1-23-14-10-11-19-27(23)31-28-20-12-13-21-30(28)39-33(25-15-6-4-7-16-25)29(31)22-35-32-24(2)36(3)37(34(32)38)26-17-8-5-9-18-26/h4-22,31H,1-3H3. The second-order valence-electron chi connectivity index (χ2n) is 9.75. The largest absolute Gasteiger partial charge is 0.456 e. The summed E-state index contributed by atoms with van der Waals surface area (Å²) in [7, 11) is 1.88. The number of hydrogen-bond acceptors (Lipinski definition) is 3. The molecule has 1 unspecified atom stereocenters. The van der Waals surface area contributed by atoms with E-state index in [2.05, 4.69) is 37.3 Å². The zero-order valence-electron chi connectivity index (χ0n) is 22.2. The molecule has 0 saturated carbocycles. The predicted molar refractivity (Wildman–Crippen MR) is 157 cm³/mol. The van der Waals surface area contributed by atoms with Crippen molar-refractivity contribution in [1.29, 1.82) is 0 Å². The van der Waals surface area contributed by atoms with Crippen LogP contribution in [0.15, 0.2) is 125 Å². The number of aromatic nitrogens is 2. The molecule has 6 rings (SSSR count). The summed E-state index contributed by atoms with van der Waals surface area (Å²) in [6, 6.07) is 36.3. The first-order valence-electron chi connectivity index (χ1n) is 13.0. The Labute approximate surface area is 228 Å². The summed E-state index contributed by atoms with van der Waals surface area (Å²) < 4.78 is 10.1. The fraction of sp³-hybridized carbons (Fsp3) is 0.118. The number of aryl methyl sites for hydroxylation is 1. The number of benzene rings is 4. The van der Waals surface area contributed by atoms with Crippen molar-refractivity contribution in [2.24, 2.45) is 12.0 Å². The average molecular weight is 512 g/mol. The van der Waals surface area contributed by atoms with Crippen LogP contribution < -0.4 is 10.3 Å². The van der Waals surface area contributed by atoms with Crippen molar-refractivity contribution in [2.45, 2.75) is 19.8 Å². The lowest BCUT2D eigenvalue weighted by Gasteiger charge is -2.30. The Morgan fingerprint density at radius 3 is 2.10 bits per heavy atom. The lowest BCUT2D eigenvalue weighted by Crippen LogP contribution is -2.19. The van der Waals surface area contributed by atoms with Gasteiger partial charge in [0.25, 0.3) is 5.56 Å². The van der Waals surface area contributed by atoms with Crippen LogP contribution in [-0.4, -0.2) is 15.6 Å². The minimum atomic E-state index is -0.163. The molecule has 192 valence electrons. The van der Waals surface area contributed by atoms with Gasteiger partial charge in [0.05, 0.1) is 11.4 Å². The number of fused-ring (bicyclic) bond motifs is 1. The smallest absolute Gasteiger partial charge is 0.297 e. The summed E-state index contributed by atoms with van der Waals surface area (Å²) in [5, 5.41) is 0. The molecule has 1 atom stereocenters. The van der Waals surface area contributed by atoms with Crippen LogP contribution in [0, 0.1) is 13.8 Å². The van der Waals surface area contributed by atoms with E-state index < -0.39 is 0 Å². The maximum atomic E-state index is 13.6. The van der Waals surface area contributed by atoms with Crippen molar-refractivity contribution in [1.82, 2.24) is 9.36 Å². The molecule has 2 heterocycles. The van der Waals surface area contributed by atoms with Gasteiger partial charge in [-0.15, -0.1) is 0 Å². The summed E-state index contributed by atoms with van der Waals surface area (Å²) in [5.74, 6) is 1.45. The maximum absolute atomic E-state index is 13.6. The Kier molecular flexibility index (Phi) is 6.33. The van der Waals surface area contributed by atoms with Gasteiger partial charge >= 0.3 is 0 Å². The molecule has 0 aliphatic carbocycles. The minimum absolute atomic E-state index is 0.115. The first kappa shape index (κ1) is 24.4. The van der Waals surface area contributed by atoms with Crippen LogP contribution in [0.3, 0.4) is 0 Å². The highest BCUT2D eigenvalue weighted by molar-refractivity contribution is 5.95. The molecule has 5 nitrogen and oxygen atoms in total. The molecular formula is C34H29N3O2. The third-order valence-corrected chi connectivity index (χ3v) is 7.41. The van der Waals surface area contributed by atoms with Crippen molar-refractivity contribution >= 4 is 17.7 Å². The van der Waals surface area contributed by atoms with Gasteiger partial charge in [-0.3, -0.25) is 9.48 Å². The van der Waals surface area contributed by atoms with Gasteiger partial charge in [-0.05, 0) is 43.2 Å². The summed E-state index contributed by atoms with van der Waals surface area (Å²) in [4.78, 5) is 18.5. The van der Waals surface area contributed by atoms with Crippen LogP contribution in [0.5, 0.6) is 5.75 Å². The number of rotatable bonds is 5. The van der Waals surface area contributed by atoms with Gasteiger partial charge in [-0.25, -0.2) is 9.67 Å². The molecule has 0 amide bonds. The number of allylic oxidation sites excluding steroid dienone is 1. The van der Waals surface area contributed by atoms with Gasteiger partial charge in [0.1, 0.15) is 11.5 Å². The predicted octanol–water partition coefficient (Wildman–Crippen LogP) is 7.13. The number of nitrogens with zero attached hydrogens (tertiary/aromatic N) is 3. The monoisotopic (exact) mass is 511 g/mol. The molecule has 1 aromatic heterocycles. The molecule has 0 fully saturated rings. The van der Waals surface area contributed by atoms with Gasteiger partial charge in [-0.1, -0.05) is 91.0 Å². The average Bonchev–Trinajstić information content (AvgIpc) is 3.19. The molecule has 5 heteroatoms. The first-order chi connectivity index (χ1) is 19.0. The molecule has 0 saturated heterocycles. The molecule has 1 aliphatic heterocycles. The lowest BCUT2D eigenvalue weighted by atomic mass is 9.80. The van der Waals surface area contributed by atoms with E-state index in [-0.39, 0.29) is 11.5 Å². The number of aliphatic imine (C=N–C) groups is 1. The molecular weight excluding hydrogens is 482 g/mol. The minimum Gasteiger partial charge on any atom is -0.456 e. The van der Waals surface area contributed by atoms with E-state index >= 15 is 0 Å². The van der Waals surface area contributed by atoms with Gasteiger partial charge in [0.15, 0.2) is 5.69 Å². The Bertz CT molecular complexity index is 1780. The highest BCUT2D eigenvalue weighted by atomic mass is 16.5. The number of hydrogen-bond donors (Lipinski definition) is 0. The maximum Gasteiger partial charge on any atom is 0.297 e. The molecule has 39 heavy (non-hydrogen) atoms. The Hall–Kier alpha value is -4.90. The third-order valence-electron chi connectivity index (χ3n) is 7.41. The normalized spacial score (nSPS) is 14.9. The topological polar surface area (TPSA) is 48.5 Å². The molecule has 5 aromatic rings. The Balaban J connectivity index is 1.58. The van der Waals surface area contributed by atoms with E-state index in [1.807, 2.05) is 104 Å². The van der Waals surface area contributed by atoms with Gasteiger partial charge in [-0.2, -0.15) is 0 Å². The van der Waals surface area contributed by atoms with Gasteiger partial charge in [0.2, 0.25) is 0 Å². The summed E-state index contributed by atoms with van der Waals surface area (Å²) >= 11 is 0. The Morgan fingerprint density at radius 2 is 1.38 bits per heavy atom. The number of para-hydroxylation sites is 2. The fourth-order valence-corrected chi connectivity index (χ4v) is 5.31. The number of ether oxygens (including phenoxy) is 1. The zero-order valence-corrected chi connectivity index (χ0v) is 22.2. The molecule has 0 bridgehead atoms. The van der Waals surface area contributed by atoms with Crippen LogP contribution in [0.1, 0.15) is 33.9 Å². The SMILES string of the molecule is Cc1ccccc1C1C(C=Nc2c(C)n(C)n(-c3ccccc3)c2=O)=C(c2ccccc2)Oc2ccccc21. The van der Waals surface area contributed by atoms with Crippen molar-refractivity contribution in [3.63, 3.8) is 0 Å². The van der Waals surface area contributed by atoms with Crippen molar-refractivity contribution in [2.75, 3.05) is 0 Å². The van der Waals surface area contributed by atoms with E-state index in [4.69, 9.17) is 9.73 Å². The highest BCUT2D eigenvalue weighted by Gasteiger charge is 2.32. The van der Waals surface area contributed by atoms with Crippen LogP contribution in [0.2, 0.25) is 0 Å².